The van der Waals surface area contributed by atoms with Crippen molar-refractivity contribution in [1.29, 1.82) is 0 Å². The summed E-state index contributed by atoms with van der Waals surface area (Å²) < 4.78 is 28.0. The van der Waals surface area contributed by atoms with Crippen LogP contribution in [0.25, 0.3) is 0 Å². The van der Waals surface area contributed by atoms with Gasteiger partial charge in [0.1, 0.15) is 30.5 Å². The Labute approximate surface area is 175 Å². The van der Waals surface area contributed by atoms with E-state index in [1.54, 1.807) is 0 Å². The SMILES string of the molecule is CS(=O)(=O)c1nnc(NC(=O)Nc2ccc([C@H]3O[C@H](CO)[C@@H](O)[C@H](O)[C@@H]3O)cc2)s1. The highest BCUT2D eigenvalue weighted by Crippen LogP contribution is 2.32. The Morgan fingerprint density at radius 3 is 2.33 bits per heavy atom. The molecule has 0 saturated carbocycles. The van der Waals surface area contributed by atoms with Gasteiger partial charge in [-0.15, -0.1) is 10.2 Å². The Hall–Kier alpha value is -2.20. The van der Waals surface area contributed by atoms with Crippen molar-refractivity contribution in [2.45, 2.75) is 34.9 Å². The van der Waals surface area contributed by atoms with Gasteiger partial charge in [-0.05, 0) is 17.7 Å². The zero-order valence-corrected chi connectivity index (χ0v) is 17.2. The van der Waals surface area contributed by atoms with Gasteiger partial charge in [0.15, 0.2) is 0 Å². The van der Waals surface area contributed by atoms with Crippen LogP contribution in [0.4, 0.5) is 15.6 Å². The Balaban J connectivity index is 1.64. The monoisotopic (exact) mass is 460 g/mol. The van der Waals surface area contributed by atoms with Crippen LogP contribution in [0, 0.1) is 0 Å². The van der Waals surface area contributed by atoms with Crippen LogP contribution in [0.15, 0.2) is 28.6 Å². The predicted molar refractivity (Wildman–Crippen MR) is 105 cm³/mol. The number of aliphatic hydroxyl groups is 4. The minimum Gasteiger partial charge on any atom is -0.394 e. The number of aromatic nitrogens is 2. The second-order valence-corrected chi connectivity index (χ2v) is 9.76. The number of rotatable bonds is 5. The summed E-state index contributed by atoms with van der Waals surface area (Å²) in [6.07, 6.45) is -5.39. The number of hydrogen-bond donors (Lipinski definition) is 6. The van der Waals surface area contributed by atoms with Crippen LogP contribution in [0.3, 0.4) is 0 Å². The summed E-state index contributed by atoms with van der Waals surface area (Å²) in [7, 11) is -3.52. The molecule has 0 radical (unpaired) electrons. The molecule has 12 nitrogen and oxygen atoms in total. The molecule has 6 N–H and O–H groups in total. The van der Waals surface area contributed by atoms with Crippen molar-refractivity contribution in [1.82, 2.24) is 10.2 Å². The maximum absolute atomic E-state index is 12.1. The lowest BCUT2D eigenvalue weighted by Gasteiger charge is -2.40. The molecule has 0 bridgehead atoms. The first-order valence-corrected chi connectivity index (χ1v) is 11.3. The zero-order chi connectivity index (χ0) is 22.1. The number of carbonyl (C=O) groups is 1. The Morgan fingerprint density at radius 2 is 1.77 bits per heavy atom. The summed E-state index contributed by atoms with van der Waals surface area (Å²) in [6.45, 7) is -0.534. The van der Waals surface area contributed by atoms with Crippen molar-refractivity contribution in [2.75, 3.05) is 23.5 Å². The fraction of sp³-hybridized carbons (Fsp3) is 0.438. The van der Waals surface area contributed by atoms with Crippen molar-refractivity contribution in [3.05, 3.63) is 29.8 Å². The quantitative estimate of drug-likeness (QED) is 0.305. The molecule has 1 aromatic heterocycles. The Bertz CT molecular complexity index is 995. The fourth-order valence-electron chi connectivity index (χ4n) is 2.80. The van der Waals surface area contributed by atoms with E-state index in [0.29, 0.717) is 22.6 Å². The van der Waals surface area contributed by atoms with Gasteiger partial charge in [-0.25, -0.2) is 13.2 Å². The van der Waals surface area contributed by atoms with Crippen LogP contribution in [0.2, 0.25) is 0 Å². The lowest BCUT2D eigenvalue weighted by atomic mass is 9.91. The third-order valence-corrected chi connectivity index (χ3v) is 6.84. The molecule has 1 aliphatic rings. The fourth-order valence-corrected chi connectivity index (χ4v) is 4.31. The van der Waals surface area contributed by atoms with E-state index in [-0.39, 0.29) is 9.47 Å². The molecule has 1 fully saturated rings. The Morgan fingerprint density at radius 1 is 1.10 bits per heavy atom. The lowest BCUT2D eigenvalue weighted by Crippen LogP contribution is -2.55. The molecule has 0 spiro atoms. The average Bonchev–Trinajstić information content (AvgIpc) is 3.16. The summed E-state index contributed by atoms with van der Waals surface area (Å²) in [5, 5.41) is 51.1. The van der Waals surface area contributed by atoms with Gasteiger partial charge in [-0.1, -0.05) is 23.5 Å². The second-order valence-electron chi connectivity index (χ2n) is 6.60. The van der Waals surface area contributed by atoms with E-state index in [0.717, 1.165) is 6.26 Å². The number of nitrogens with one attached hydrogen (secondary N) is 2. The van der Waals surface area contributed by atoms with Crippen LogP contribution < -0.4 is 10.6 Å². The second kappa shape index (κ2) is 8.89. The lowest BCUT2D eigenvalue weighted by molar-refractivity contribution is -0.231. The topological polar surface area (TPSA) is 191 Å². The van der Waals surface area contributed by atoms with Gasteiger partial charge in [0.05, 0.1) is 6.61 Å². The number of benzene rings is 1. The van der Waals surface area contributed by atoms with Gasteiger partial charge < -0.3 is 30.5 Å². The average molecular weight is 460 g/mol. The summed E-state index contributed by atoms with van der Waals surface area (Å²) in [5.74, 6) is 0. The number of hydrogen-bond acceptors (Lipinski definition) is 11. The van der Waals surface area contributed by atoms with E-state index in [4.69, 9.17) is 4.74 Å². The molecule has 3 rings (SSSR count). The first kappa shape index (κ1) is 22.5. The van der Waals surface area contributed by atoms with Crippen LogP contribution in [-0.2, 0) is 14.6 Å². The molecule has 1 aliphatic heterocycles. The number of amides is 2. The first-order valence-electron chi connectivity index (χ1n) is 8.62. The smallest absolute Gasteiger partial charge is 0.325 e. The standard InChI is InChI=1S/C16H20N4O8S2/c1-30(26,27)16-20-19-15(29-16)18-14(25)17-8-4-2-7(3-5-8)13-12(24)11(23)10(22)9(6-21)28-13/h2-5,9-13,21-24H,6H2,1H3,(H2,17,18,19,25)/t9-,10-,11+,12+,13-/m1/s1. The number of nitrogens with zero attached hydrogens (tertiary/aromatic N) is 2. The highest BCUT2D eigenvalue weighted by atomic mass is 32.2. The highest BCUT2D eigenvalue weighted by Gasteiger charge is 2.43. The molecular weight excluding hydrogens is 440 g/mol. The summed E-state index contributed by atoms with van der Waals surface area (Å²) in [4.78, 5) is 12.1. The van der Waals surface area contributed by atoms with E-state index < -0.39 is 53.0 Å². The van der Waals surface area contributed by atoms with Crippen molar-refractivity contribution in [3.8, 4) is 0 Å². The number of anilines is 2. The minimum atomic E-state index is -3.52. The molecular formula is C16H20N4O8S2. The van der Waals surface area contributed by atoms with Crippen molar-refractivity contribution < 1.29 is 38.4 Å². The number of aliphatic hydroxyl groups excluding tert-OH is 4. The van der Waals surface area contributed by atoms with E-state index >= 15 is 0 Å². The molecule has 14 heteroatoms. The van der Waals surface area contributed by atoms with Gasteiger partial charge in [-0.2, -0.15) is 0 Å². The molecule has 1 aromatic carbocycles. The van der Waals surface area contributed by atoms with Crippen LogP contribution >= 0.6 is 11.3 Å². The molecule has 2 amide bonds. The van der Waals surface area contributed by atoms with Crippen molar-refractivity contribution in [3.63, 3.8) is 0 Å². The van der Waals surface area contributed by atoms with E-state index in [2.05, 4.69) is 20.8 Å². The number of urea groups is 1. The maximum atomic E-state index is 12.1. The van der Waals surface area contributed by atoms with Crippen LogP contribution in [0.5, 0.6) is 0 Å². The molecule has 30 heavy (non-hydrogen) atoms. The molecule has 0 unspecified atom stereocenters. The van der Waals surface area contributed by atoms with Crippen LogP contribution in [0.1, 0.15) is 11.7 Å². The molecule has 5 atom stereocenters. The molecule has 1 saturated heterocycles. The number of carbonyl (C=O) groups excluding carboxylic acids is 1. The van der Waals surface area contributed by atoms with Crippen molar-refractivity contribution in [2.24, 2.45) is 0 Å². The van der Waals surface area contributed by atoms with Gasteiger partial charge in [-0.3, -0.25) is 5.32 Å². The van der Waals surface area contributed by atoms with E-state index in [1.165, 1.54) is 24.3 Å². The minimum absolute atomic E-state index is 0.00543. The van der Waals surface area contributed by atoms with E-state index in [9.17, 15) is 33.6 Å². The van der Waals surface area contributed by atoms with Crippen LogP contribution in [-0.4, -0.2) is 82.4 Å². The third kappa shape index (κ3) is 4.92. The predicted octanol–water partition coefficient (Wildman–Crippen LogP) is -0.900. The van der Waals surface area contributed by atoms with E-state index in [1.807, 2.05) is 0 Å². The molecule has 0 aliphatic carbocycles. The zero-order valence-electron chi connectivity index (χ0n) is 15.5. The normalized spacial score (nSPS) is 26.9. The summed E-state index contributed by atoms with van der Waals surface area (Å²) in [5.41, 5.74) is 0.827. The van der Waals surface area contributed by atoms with Gasteiger partial charge in [0.25, 0.3) is 0 Å². The van der Waals surface area contributed by atoms with Gasteiger partial charge >= 0.3 is 6.03 Å². The summed E-state index contributed by atoms with van der Waals surface area (Å²) in [6, 6.07) is 5.42. The highest BCUT2D eigenvalue weighted by molar-refractivity contribution is 7.92. The van der Waals surface area contributed by atoms with Crippen molar-refractivity contribution >= 4 is 38.0 Å². The molecule has 164 valence electrons. The van der Waals surface area contributed by atoms with Gasteiger partial charge in [0.2, 0.25) is 19.3 Å². The maximum Gasteiger partial charge on any atom is 0.325 e. The first-order chi connectivity index (χ1) is 14.1. The number of sulfone groups is 1. The Kier molecular flexibility index (Phi) is 6.66. The largest absolute Gasteiger partial charge is 0.394 e. The molecule has 2 heterocycles. The molecule has 2 aromatic rings. The van der Waals surface area contributed by atoms with Gasteiger partial charge in [0, 0.05) is 11.9 Å². The summed E-state index contributed by atoms with van der Waals surface area (Å²) >= 11 is 0.712. The number of ether oxygens (including phenoxy) is 1. The third-order valence-electron chi connectivity index (χ3n) is 4.33.